The second-order valence-corrected chi connectivity index (χ2v) is 5.34. The van der Waals surface area contributed by atoms with Crippen LogP contribution in [0.3, 0.4) is 0 Å². The van der Waals surface area contributed by atoms with Crippen molar-refractivity contribution in [3.63, 3.8) is 0 Å². The van der Waals surface area contributed by atoms with Crippen molar-refractivity contribution in [3.8, 4) is 0 Å². The number of anilines is 1. The van der Waals surface area contributed by atoms with E-state index in [1.54, 1.807) is 0 Å². The smallest absolute Gasteiger partial charge is 0.292 e. The van der Waals surface area contributed by atoms with E-state index in [0.29, 0.717) is 0 Å². The molecule has 2 N–H and O–H groups in total. The lowest BCUT2D eigenvalue weighted by atomic mass is 10.3. The van der Waals surface area contributed by atoms with Gasteiger partial charge in [-0.3, -0.25) is 10.1 Å². The average Bonchev–Trinajstić information content (AvgIpc) is 2.38. The van der Waals surface area contributed by atoms with E-state index in [1.165, 1.54) is 26.3 Å². The van der Waals surface area contributed by atoms with Crippen LogP contribution in [-0.4, -0.2) is 40.7 Å². The van der Waals surface area contributed by atoms with Crippen LogP contribution in [0, 0.1) is 10.1 Å². The molecule has 0 radical (unpaired) electrons. The highest BCUT2D eigenvalue weighted by Gasteiger charge is 2.19. The minimum Gasteiger partial charge on any atom is -0.383 e. The van der Waals surface area contributed by atoms with Gasteiger partial charge in [0, 0.05) is 26.8 Å². The zero-order valence-corrected chi connectivity index (χ0v) is 11.4. The molecule has 0 bridgehead atoms. The van der Waals surface area contributed by atoms with E-state index in [4.69, 9.17) is 4.74 Å². The van der Waals surface area contributed by atoms with Gasteiger partial charge >= 0.3 is 0 Å². The standard InChI is InChI=1S/C10H15N3O5S/c1-11-9-7-8(3-4-10(9)13(14)15)19(16,17)12-5-6-18-2/h3-4,7,11-12H,5-6H2,1-2H3. The first-order valence-corrected chi connectivity index (χ1v) is 6.85. The number of nitrogens with zero attached hydrogens (tertiary/aromatic N) is 1. The van der Waals surface area contributed by atoms with Crippen molar-refractivity contribution in [3.05, 3.63) is 28.3 Å². The van der Waals surface area contributed by atoms with Gasteiger partial charge in [-0.2, -0.15) is 0 Å². The first-order valence-electron chi connectivity index (χ1n) is 5.37. The molecule has 1 aromatic carbocycles. The molecule has 0 saturated carbocycles. The van der Waals surface area contributed by atoms with Gasteiger partial charge in [0.2, 0.25) is 10.0 Å². The highest BCUT2D eigenvalue weighted by molar-refractivity contribution is 7.89. The van der Waals surface area contributed by atoms with Gasteiger partial charge in [0.05, 0.1) is 16.4 Å². The fourth-order valence-corrected chi connectivity index (χ4v) is 2.44. The predicted molar refractivity (Wildman–Crippen MR) is 69.7 cm³/mol. The van der Waals surface area contributed by atoms with Gasteiger partial charge in [0.25, 0.3) is 5.69 Å². The van der Waals surface area contributed by atoms with E-state index in [1.807, 2.05) is 0 Å². The highest BCUT2D eigenvalue weighted by atomic mass is 32.2. The number of hydrogen-bond donors (Lipinski definition) is 2. The topological polar surface area (TPSA) is 111 Å². The summed E-state index contributed by atoms with van der Waals surface area (Å²) >= 11 is 0. The Bertz CT molecular complexity index is 558. The SMILES string of the molecule is CNc1cc(S(=O)(=O)NCCOC)ccc1[N+](=O)[O-]. The largest absolute Gasteiger partial charge is 0.383 e. The number of nitrogens with one attached hydrogen (secondary N) is 2. The number of methoxy groups -OCH3 is 1. The first-order chi connectivity index (χ1) is 8.92. The first kappa shape index (κ1) is 15.3. The molecule has 9 heteroatoms. The molecule has 8 nitrogen and oxygen atoms in total. The molecule has 0 unspecified atom stereocenters. The molecule has 0 aromatic heterocycles. The summed E-state index contributed by atoms with van der Waals surface area (Å²) in [6, 6.07) is 3.55. The van der Waals surface area contributed by atoms with Crippen LogP contribution < -0.4 is 10.0 Å². The van der Waals surface area contributed by atoms with Crippen LogP contribution in [-0.2, 0) is 14.8 Å². The molecule has 0 atom stereocenters. The summed E-state index contributed by atoms with van der Waals surface area (Å²) in [4.78, 5) is 10.1. The Balaban J connectivity index is 3.05. The summed E-state index contributed by atoms with van der Waals surface area (Å²) in [6.07, 6.45) is 0. The molecule has 19 heavy (non-hydrogen) atoms. The van der Waals surface area contributed by atoms with Crippen LogP contribution in [0.1, 0.15) is 0 Å². The number of nitro groups is 1. The third-order valence-corrected chi connectivity index (χ3v) is 3.80. The van der Waals surface area contributed by atoms with Gasteiger partial charge in [-0.1, -0.05) is 0 Å². The highest BCUT2D eigenvalue weighted by Crippen LogP contribution is 2.26. The van der Waals surface area contributed by atoms with E-state index in [0.717, 1.165) is 6.07 Å². The molecule has 0 aliphatic rings. The Hall–Kier alpha value is -1.71. The van der Waals surface area contributed by atoms with Crippen molar-refractivity contribution in [1.82, 2.24) is 4.72 Å². The summed E-state index contributed by atoms with van der Waals surface area (Å²) in [5.74, 6) is 0. The number of sulfonamides is 1. The monoisotopic (exact) mass is 289 g/mol. The second kappa shape index (κ2) is 6.45. The van der Waals surface area contributed by atoms with Gasteiger partial charge in [0.1, 0.15) is 5.69 Å². The van der Waals surface area contributed by atoms with Crippen molar-refractivity contribution in [2.45, 2.75) is 4.90 Å². The maximum absolute atomic E-state index is 11.9. The Labute approximate surface area is 111 Å². The summed E-state index contributed by atoms with van der Waals surface area (Å²) in [6.45, 7) is 0.371. The number of rotatable bonds is 7. The third kappa shape index (κ3) is 3.88. The van der Waals surface area contributed by atoms with Gasteiger partial charge < -0.3 is 10.1 Å². The van der Waals surface area contributed by atoms with Crippen LogP contribution in [0.5, 0.6) is 0 Å². The Kier molecular flexibility index (Phi) is 5.21. The lowest BCUT2D eigenvalue weighted by Gasteiger charge is -2.08. The molecule has 0 fully saturated rings. The quantitative estimate of drug-likeness (QED) is 0.431. The van der Waals surface area contributed by atoms with E-state index in [-0.39, 0.29) is 29.4 Å². The van der Waals surface area contributed by atoms with Gasteiger partial charge in [-0.05, 0) is 12.1 Å². The minimum absolute atomic E-state index is 0.0430. The van der Waals surface area contributed by atoms with Crippen molar-refractivity contribution < 1.29 is 18.1 Å². The zero-order chi connectivity index (χ0) is 14.5. The van der Waals surface area contributed by atoms with Gasteiger partial charge in [-0.25, -0.2) is 13.1 Å². The fraction of sp³-hybridized carbons (Fsp3) is 0.400. The van der Waals surface area contributed by atoms with Gasteiger partial charge in [-0.15, -0.1) is 0 Å². The Morgan fingerprint density at radius 3 is 2.63 bits per heavy atom. The molecule has 0 aliphatic carbocycles. The lowest BCUT2D eigenvalue weighted by molar-refractivity contribution is -0.384. The van der Waals surface area contributed by atoms with Crippen LogP contribution in [0.4, 0.5) is 11.4 Å². The maximum Gasteiger partial charge on any atom is 0.292 e. The van der Waals surface area contributed by atoms with Crippen LogP contribution in [0.15, 0.2) is 23.1 Å². The third-order valence-electron chi connectivity index (χ3n) is 2.34. The number of nitro benzene ring substituents is 1. The summed E-state index contributed by atoms with van der Waals surface area (Å²) in [7, 11) is -0.759. The number of ether oxygens (including phenoxy) is 1. The molecule has 0 amide bonds. The molecular formula is C10H15N3O5S. The average molecular weight is 289 g/mol. The lowest BCUT2D eigenvalue weighted by Crippen LogP contribution is -2.27. The molecule has 0 heterocycles. The molecule has 0 aliphatic heterocycles. The van der Waals surface area contributed by atoms with Crippen LogP contribution >= 0.6 is 0 Å². The summed E-state index contributed by atoms with van der Waals surface area (Å²) < 4.78 is 30.8. The fourth-order valence-electron chi connectivity index (χ4n) is 1.40. The van der Waals surface area contributed by atoms with E-state index in [2.05, 4.69) is 10.0 Å². The van der Waals surface area contributed by atoms with Crippen molar-refractivity contribution in [2.75, 3.05) is 32.6 Å². The normalized spacial score (nSPS) is 11.3. The van der Waals surface area contributed by atoms with Crippen molar-refractivity contribution in [1.29, 1.82) is 0 Å². The molecule has 0 saturated heterocycles. The van der Waals surface area contributed by atoms with E-state index >= 15 is 0 Å². The summed E-state index contributed by atoms with van der Waals surface area (Å²) in [5, 5.41) is 13.3. The molecule has 1 aromatic rings. The van der Waals surface area contributed by atoms with Gasteiger partial charge in [0.15, 0.2) is 0 Å². The molecule has 1 rings (SSSR count). The zero-order valence-electron chi connectivity index (χ0n) is 10.5. The number of benzene rings is 1. The Morgan fingerprint density at radius 1 is 1.42 bits per heavy atom. The predicted octanol–water partition coefficient (Wildman–Crippen LogP) is 0.561. The van der Waals surface area contributed by atoms with Crippen molar-refractivity contribution in [2.24, 2.45) is 0 Å². The van der Waals surface area contributed by atoms with Crippen molar-refractivity contribution >= 4 is 21.4 Å². The number of hydrogen-bond acceptors (Lipinski definition) is 6. The molecule has 0 spiro atoms. The Morgan fingerprint density at radius 2 is 2.11 bits per heavy atom. The minimum atomic E-state index is -3.70. The molecular weight excluding hydrogens is 274 g/mol. The summed E-state index contributed by atoms with van der Waals surface area (Å²) in [5.41, 5.74) is -0.0436. The maximum atomic E-state index is 11.9. The van der Waals surface area contributed by atoms with Crippen LogP contribution in [0.25, 0.3) is 0 Å². The van der Waals surface area contributed by atoms with Crippen LogP contribution in [0.2, 0.25) is 0 Å². The second-order valence-electron chi connectivity index (χ2n) is 3.58. The molecule has 106 valence electrons. The van der Waals surface area contributed by atoms with E-state index in [9.17, 15) is 18.5 Å². The van der Waals surface area contributed by atoms with E-state index < -0.39 is 14.9 Å².